The summed E-state index contributed by atoms with van der Waals surface area (Å²) < 4.78 is 0. The van der Waals surface area contributed by atoms with Crippen LogP contribution in [0.4, 0.5) is 0 Å². The van der Waals surface area contributed by atoms with Crippen LogP contribution in [-0.4, -0.2) is 0 Å². The zero-order valence-electron chi connectivity index (χ0n) is 10.6. The first kappa shape index (κ1) is 12.8. The van der Waals surface area contributed by atoms with Crippen LogP contribution < -0.4 is 0 Å². The third-order valence-electron chi connectivity index (χ3n) is 3.18. The molecule has 0 atom stereocenters. The van der Waals surface area contributed by atoms with Crippen LogP contribution in [0.5, 0.6) is 0 Å². The minimum Gasteiger partial charge on any atom is -0.192 e. The van der Waals surface area contributed by atoms with Gasteiger partial charge in [-0.05, 0) is 29.5 Å². The molecule has 0 aromatic heterocycles. The van der Waals surface area contributed by atoms with Gasteiger partial charge in [-0.2, -0.15) is 5.26 Å². The molecule has 0 saturated carbocycles. The van der Waals surface area contributed by atoms with Crippen LogP contribution in [0.15, 0.2) is 24.3 Å². The maximum absolute atomic E-state index is 8.89. The fourth-order valence-electron chi connectivity index (χ4n) is 1.97. The number of nitrogens with zero attached hydrogens (tertiary/aromatic N) is 1. The second kappa shape index (κ2) is 5.70. The third kappa shape index (κ3) is 3.38. The Bertz CT molecular complexity index is 371. The van der Waals surface area contributed by atoms with Gasteiger partial charge >= 0.3 is 0 Å². The summed E-state index contributed by atoms with van der Waals surface area (Å²) >= 11 is 0. The lowest BCUT2D eigenvalue weighted by Gasteiger charge is -2.25. The Hall–Kier alpha value is -1.29. The van der Waals surface area contributed by atoms with Gasteiger partial charge in [-0.3, -0.25) is 0 Å². The molecule has 1 nitrogen and oxygen atoms in total. The smallest absolute Gasteiger partial charge is 0.0991 e. The van der Waals surface area contributed by atoms with E-state index in [1.807, 2.05) is 18.2 Å². The van der Waals surface area contributed by atoms with Gasteiger partial charge in [0.25, 0.3) is 0 Å². The van der Waals surface area contributed by atoms with Gasteiger partial charge in [-0.1, -0.05) is 52.2 Å². The standard InChI is InChI=1S/C15H21N/c1-4-5-6-10-15(2,3)14-9-7-8-13(11-14)12-16/h7-9,11H,4-6,10H2,1-3H3. The first-order chi connectivity index (χ1) is 7.60. The molecule has 0 spiro atoms. The van der Waals surface area contributed by atoms with E-state index in [-0.39, 0.29) is 5.41 Å². The molecule has 0 bridgehead atoms. The van der Waals surface area contributed by atoms with Gasteiger partial charge in [0.1, 0.15) is 0 Å². The van der Waals surface area contributed by atoms with E-state index < -0.39 is 0 Å². The topological polar surface area (TPSA) is 23.8 Å². The number of nitriles is 1. The predicted octanol–water partition coefficient (Wildman–Crippen LogP) is 4.42. The van der Waals surface area contributed by atoms with Crippen molar-refractivity contribution in [3.63, 3.8) is 0 Å². The molecule has 0 unspecified atom stereocenters. The van der Waals surface area contributed by atoms with E-state index >= 15 is 0 Å². The summed E-state index contributed by atoms with van der Waals surface area (Å²) in [5.41, 5.74) is 2.23. The summed E-state index contributed by atoms with van der Waals surface area (Å²) in [6.45, 7) is 6.75. The summed E-state index contributed by atoms with van der Waals surface area (Å²) in [6.07, 6.45) is 5.01. The third-order valence-corrected chi connectivity index (χ3v) is 3.18. The van der Waals surface area contributed by atoms with E-state index in [2.05, 4.69) is 32.9 Å². The van der Waals surface area contributed by atoms with E-state index in [9.17, 15) is 0 Å². The summed E-state index contributed by atoms with van der Waals surface area (Å²) in [4.78, 5) is 0. The lowest BCUT2D eigenvalue weighted by molar-refractivity contribution is 0.450. The highest BCUT2D eigenvalue weighted by molar-refractivity contribution is 5.36. The summed E-state index contributed by atoms with van der Waals surface area (Å²) in [7, 11) is 0. The zero-order valence-corrected chi connectivity index (χ0v) is 10.6. The largest absolute Gasteiger partial charge is 0.192 e. The molecule has 86 valence electrons. The van der Waals surface area contributed by atoms with Crippen LogP contribution in [0.1, 0.15) is 57.6 Å². The van der Waals surface area contributed by atoms with Gasteiger partial charge in [-0.25, -0.2) is 0 Å². The van der Waals surface area contributed by atoms with Gasteiger partial charge in [0.2, 0.25) is 0 Å². The molecule has 0 saturated heterocycles. The fourth-order valence-corrected chi connectivity index (χ4v) is 1.97. The highest BCUT2D eigenvalue weighted by atomic mass is 14.3. The van der Waals surface area contributed by atoms with Crippen LogP contribution in [0.3, 0.4) is 0 Å². The van der Waals surface area contributed by atoms with Crippen LogP contribution >= 0.6 is 0 Å². The maximum atomic E-state index is 8.89. The monoisotopic (exact) mass is 215 g/mol. The van der Waals surface area contributed by atoms with Crippen molar-refractivity contribution in [2.75, 3.05) is 0 Å². The van der Waals surface area contributed by atoms with E-state index in [0.717, 1.165) is 5.56 Å². The van der Waals surface area contributed by atoms with E-state index in [4.69, 9.17) is 5.26 Å². The number of benzene rings is 1. The van der Waals surface area contributed by atoms with Gasteiger partial charge < -0.3 is 0 Å². The molecule has 0 aliphatic rings. The van der Waals surface area contributed by atoms with Gasteiger partial charge in [0.15, 0.2) is 0 Å². The lowest BCUT2D eigenvalue weighted by Crippen LogP contribution is -2.17. The van der Waals surface area contributed by atoms with Crippen molar-refractivity contribution in [1.29, 1.82) is 5.26 Å². The number of unbranched alkanes of at least 4 members (excludes halogenated alkanes) is 2. The van der Waals surface area contributed by atoms with E-state index in [1.165, 1.54) is 31.2 Å². The molecule has 0 heterocycles. The Morgan fingerprint density at radius 2 is 2.00 bits per heavy atom. The minimum absolute atomic E-state index is 0.183. The molecule has 0 aliphatic heterocycles. The Morgan fingerprint density at radius 1 is 1.25 bits per heavy atom. The summed E-state index contributed by atoms with van der Waals surface area (Å²) in [5.74, 6) is 0. The molecule has 0 N–H and O–H groups in total. The van der Waals surface area contributed by atoms with Crippen LogP contribution in [-0.2, 0) is 5.41 Å². The molecule has 0 aliphatic carbocycles. The van der Waals surface area contributed by atoms with Crippen molar-refractivity contribution >= 4 is 0 Å². The van der Waals surface area contributed by atoms with Crippen LogP contribution in [0.25, 0.3) is 0 Å². The lowest BCUT2D eigenvalue weighted by atomic mass is 9.79. The summed E-state index contributed by atoms with van der Waals surface area (Å²) in [6, 6.07) is 10.2. The quantitative estimate of drug-likeness (QED) is 0.667. The highest BCUT2D eigenvalue weighted by Crippen LogP contribution is 2.29. The zero-order chi connectivity index (χ0) is 12.0. The van der Waals surface area contributed by atoms with Gasteiger partial charge in [0.05, 0.1) is 11.6 Å². The average molecular weight is 215 g/mol. The fraction of sp³-hybridized carbons (Fsp3) is 0.533. The van der Waals surface area contributed by atoms with E-state index in [0.29, 0.717) is 0 Å². The van der Waals surface area contributed by atoms with Crippen molar-refractivity contribution in [2.45, 2.75) is 51.9 Å². The molecule has 1 heteroatoms. The number of rotatable bonds is 5. The molecule has 1 aromatic carbocycles. The van der Waals surface area contributed by atoms with Crippen LogP contribution in [0.2, 0.25) is 0 Å². The second-order valence-electron chi connectivity index (χ2n) is 5.03. The first-order valence-electron chi connectivity index (χ1n) is 6.11. The molecule has 0 amide bonds. The van der Waals surface area contributed by atoms with Crippen molar-refractivity contribution in [2.24, 2.45) is 0 Å². The molecule has 16 heavy (non-hydrogen) atoms. The van der Waals surface area contributed by atoms with Crippen molar-refractivity contribution in [3.05, 3.63) is 35.4 Å². The number of hydrogen-bond donors (Lipinski definition) is 0. The molecule has 1 rings (SSSR count). The molecule has 1 aromatic rings. The average Bonchev–Trinajstić information content (AvgIpc) is 2.29. The predicted molar refractivity (Wildman–Crippen MR) is 68.3 cm³/mol. The Kier molecular flexibility index (Phi) is 4.55. The van der Waals surface area contributed by atoms with Crippen molar-refractivity contribution in [3.8, 4) is 6.07 Å². The van der Waals surface area contributed by atoms with E-state index in [1.54, 1.807) is 0 Å². The molecular weight excluding hydrogens is 194 g/mol. The first-order valence-corrected chi connectivity index (χ1v) is 6.11. The maximum Gasteiger partial charge on any atom is 0.0991 e. The SMILES string of the molecule is CCCCCC(C)(C)c1cccc(C#N)c1. The Morgan fingerprint density at radius 3 is 2.62 bits per heavy atom. The van der Waals surface area contributed by atoms with Gasteiger partial charge in [0, 0.05) is 0 Å². The summed E-state index contributed by atoms with van der Waals surface area (Å²) in [5, 5.41) is 8.89. The Labute approximate surface area is 99.1 Å². The normalized spacial score (nSPS) is 11.1. The molecule has 0 fully saturated rings. The van der Waals surface area contributed by atoms with Crippen LogP contribution in [0, 0.1) is 11.3 Å². The van der Waals surface area contributed by atoms with Crippen molar-refractivity contribution < 1.29 is 0 Å². The molecular formula is C15H21N. The molecule has 0 radical (unpaired) electrons. The number of hydrogen-bond acceptors (Lipinski definition) is 1. The Balaban J connectivity index is 2.77. The second-order valence-corrected chi connectivity index (χ2v) is 5.03. The van der Waals surface area contributed by atoms with Crippen molar-refractivity contribution in [1.82, 2.24) is 0 Å². The minimum atomic E-state index is 0.183. The highest BCUT2D eigenvalue weighted by Gasteiger charge is 2.19. The van der Waals surface area contributed by atoms with Gasteiger partial charge in [-0.15, -0.1) is 0 Å².